The van der Waals surface area contributed by atoms with Crippen LogP contribution in [0.4, 0.5) is 0 Å². The number of para-hydroxylation sites is 1. The molecule has 28 heavy (non-hydrogen) atoms. The van der Waals surface area contributed by atoms with Crippen molar-refractivity contribution in [2.75, 3.05) is 18.8 Å². The molecule has 7 heteroatoms. The Hall–Kier alpha value is -1.86. The molecule has 0 bridgehead atoms. The van der Waals surface area contributed by atoms with Crippen molar-refractivity contribution < 1.29 is 4.79 Å². The fourth-order valence-corrected chi connectivity index (χ4v) is 4.90. The first-order valence-electron chi connectivity index (χ1n) is 10.4. The highest BCUT2D eigenvalue weighted by molar-refractivity contribution is 7.99. The molecule has 150 valence electrons. The zero-order valence-electron chi connectivity index (χ0n) is 16.3. The van der Waals surface area contributed by atoms with Crippen molar-refractivity contribution in [3.63, 3.8) is 0 Å². The topological polar surface area (TPSA) is 63.1 Å². The summed E-state index contributed by atoms with van der Waals surface area (Å²) in [7, 11) is 0. The van der Waals surface area contributed by atoms with Crippen LogP contribution in [0.15, 0.2) is 35.5 Å². The van der Waals surface area contributed by atoms with Gasteiger partial charge in [-0.15, -0.1) is 10.2 Å². The average Bonchev–Trinajstić information content (AvgIpc) is 3.38. The Kier molecular flexibility index (Phi) is 6.65. The number of nitrogens with zero attached hydrogens (tertiary/aromatic N) is 4. The number of nitrogens with one attached hydrogen (secondary N) is 1. The van der Waals surface area contributed by atoms with Crippen LogP contribution in [-0.2, 0) is 11.3 Å². The summed E-state index contributed by atoms with van der Waals surface area (Å²) < 4.78 is 2.11. The predicted molar refractivity (Wildman–Crippen MR) is 112 cm³/mol. The fraction of sp³-hybridized carbons (Fsp3) is 0.571. The average molecular weight is 400 g/mol. The van der Waals surface area contributed by atoms with Crippen LogP contribution in [-0.4, -0.2) is 50.5 Å². The van der Waals surface area contributed by atoms with Gasteiger partial charge >= 0.3 is 0 Å². The Bertz CT molecular complexity index is 766. The normalized spacial score (nSPS) is 18.4. The lowest BCUT2D eigenvalue weighted by atomic mass is 9.95. The van der Waals surface area contributed by atoms with Gasteiger partial charge in [-0.3, -0.25) is 14.3 Å². The molecule has 2 aliphatic rings. The largest absolute Gasteiger partial charge is 0.353 e. The molecule has 2 aromatic rings. The number of benzene rings is 1. The quantitative estimate of drug-likeness (QED) is 0.723. The van der Waals surface area contributed by atoms with Crippen LogP contribution < -0.4 is 5.32 Å². The van der Waals surface area contributed by atoms with E-state index in [0.29, 0.717) is 11.8 Å². The Labute approximate surface area is 171 Å². The van der Waals surface area contributed by atoms with Crippen molar-refractivity contribution in [3.8, 4) is 5.69 Å². The fourth-order valence-electron chi connectivity index (χ4n) is 4.12. The van der Waals surface area contributed by atoms with Crippen molar-refractivity contribution in [1.29, 1.82) is 0 Å². The van der Waals surface area contributed by atoms with E-state index >= 15 is 0 Å². The van der Waals surface area contributed by atoms with Crippen LogP contribution in [0.3, 0.4) is 0 Å². The number of carbonyl (C=O) groups is 1. The number of rotatable bonds is 7. The Morgan fingerprint density at radius 3 is 2.54 bits per heavy atom. The molecule has 1 amide bonds. The number of hydrogen-bond donors (Lipinski definition) is 1. The second kappa shape index (κ2) is 9.56. The van der Waals surface area contributed by atoms with E-state index in [2.05, 4.69) is 37.1 Å². The van der Waals surface area contributed by atoms with Gasteiger partial charge in [0.25, 0.3) is 0 Å². The first-order valence-corrected chi connectivity index (χ1v) is 11.4. The maximum absolute atomic E-state index is 12.4. The summed E-state index contributed by atoms with van der Waals surface area (Å²) in [5, 5.41) is 12.9. The van der Waals surface area contributed by atoms with E-state index in [1.165, 1.54) is 43.9 Å². The van der Waals surface area contributed by atoms with E-state index in [0.717, 1.165) is 49.1 Å². The zero-order chi connectivity index (χ0) is 19.2. The minimum absolute atomic E-state index is 0.0978. The van der Waals surface area contributed by atoms with Gasteiger partial charge in [0.05, 0.1) is 12.3 Å². The number of hydrogen-bond acceptors (Lipinski definition) is 5. The number of amides is 1. The summed E-state index contributed by atoms with van der Waals surface area (Å²) in [6.07, 6.45) is 8.46. The molecule has 2 heterocycles. The third-order valence-electron chi connectivity index (χ3n) is 5.58. The number of likely N-dealkylation sites (tertiary alicyclic amines) is 1. The highest BCUT2D eigenvalue weighted by atomic mass is 32.2. The summed E-state index contributed by atoms with van der Waals surface area (Å²) in [6.45, 7) is 3.04. The van der Waals surface area contributed by atoms with E-state index in [1.54, 1.807) is 0 Å². The third-order valence-corrected chi connectivity index (χ3v) is 6.51. The van der Waals surface area contributed by atoms with Gasteiger partial charge in [0.2, 0.25) is 5.91 Å². The third kappa shape index (κ3) is 4.94. The molecule has 0 spiro atoms. The molecule has 1 N–H and O–H groups in total. The molecule has 0 radical (unpaired) electrons. The minimum Gasteiger partial charge on any atom is -0.353 e. The Morgan fingerprint density at radius 2 is 1.79 bits per heavy atom. The standard InChI is InChI=1S/C21H29N5OS/c27-20(22-17-9-3-1-4-10-17)16-28-21-24-23-19(15-25-13-7-8-14-25)26(21)18-11-5-2-6-12-18/h2,5-6,11-12,17H,1,3-4,7-10,13-16H2,(H,22,27). The van der Waals surface area contributed by atoms with Crippen LogP contribution in [0.5, 0.6) is 0 Å². The highest BCUT2D eigenvalue weighted by Crippen LogP contribution is 2.24. The number of aromatic nitrogens is 3. The monoisotopic (exact) mass is 399 g/mol. The zero-order valence-corrected chi connectivity index (χ0v) is 17.2. The first kappa shape index (κ1) is 19.5. The molecule has 1 saturated carbocycles. The molecule has 2 fully saturated rings. The lowest BCUT2D eigenvalue weighted by Gasteiger charge is -2.22. The van der Waals surface area contributed by atoms with Crippen molar-refractivity contribution in [3.05, 3.63) is 36.2 Å². The molecular weight excluding hydrogens is 370 g/mol. The predicted octanol–water partition coefficient (Wildman–Crippen LogP) is 3.40. The second-order valence-corrected chi connectivity index (χ2v) is 8.69. The van der Waals surface area contributed by atoms with Gasteiger partial charge < -0.3 is 5.32 Å². The van der Waals surface area contributed by atoms with Crippen molar-refractivity contribution in [2.45, 2.75) is 62.7 Å². The SMILES string of the molecule is O=C(CSc1nnc(CN2CCCC2)n1-c1ccccc1)NC1CCCCC1. The lowest BCUT2D eigenvalue weighted by Crippen LogP contribution is -2.37. The summed E-state index contributed by atoms with van der Waals surface area (Å²) in [5.41, 5.74) is 1.05. The molecule has 1 aliphatic heterocycles. The van der Waals surface area contributed by atoms with Crippen LogP contribution in [0, 0.1) is 0 Å². The van der Waals surface area contributed by atoms with Gasteiger partial charge in [-0.1, -0.05) is 49.2 Å². The molecule has 1 aromatic heterocycles. The summed E-state index contributed by atoms with van der Waals surface area (Å²) in [4.78, 5) is 14.8. The molecule has 1 aromatic carbocycles. The van der Waals surface area contributed by atoms with E-state index in [1.807, 2.05) is 18.2 Å². The summed E-state index contributed by atoms with van der Waals surface area (Å²) in [5.74, 6) is 1.43. The molecule has 0 unspecified atom stereocenters. The van der Waals surface area contributed by atoms with Crippen LogP contribution in [0.25, 0.3) is 5.69 Å². The molecular formula is C21H29N5OS. The van der Waals surface area contributed by atoms with E-state index in [9.17, 15) is 4.79 Å². The number of carbonyl (C=O) groups excluding carboxylic acids is 1. The van der Waals surface area contributed by atoms with Gasteiger partial charge in [-0.2, -0.15) is 0 Å². The molecule has 0 atom stereocenters. The van der Waals surface area contributed by atoms with Crippen LogP contribution in [0.2, 0.25) is 0 Å². The van der Waals surface area contributed by atoms with Crippen LogP contribution >= 0.6 is 11.8 Å². The molecule has 1 saturated heterocycles. The van der Waals surface area contributed by atoms with Gasteiger partial charge in [-0.05, 0) is 50.9 Å². The smallest absolute Gasteiger partial charge is 0.230 e. The molecule has 1 aliphatic carbocycles. The summed E-state index contributed by atoms with van der Waals surface area (Å²) >= 11 is 1.48. The highest BCUT2D eigenvalue weighted by Gasteiger charge is 2.21. The van der Waals surface area contributed by atoms with Crippen molar-refractivity contribution >= 4 is 17.7 Å². The Morgan fingerprint density at radius 1 is 1.04 bits per heavy atom. The Balaban J connectivity index is 1.45. The first-order chi connectivity index (χ1) is 13.8. The van der Waals surface area contributed by atoms with Crippen molar-refractivity contribution in [2.24, 2.45) is 0 Å². The van der Waals surface area contributed by atoms with Gasteiger partial charge in [0.1, 0.15) is 0 Å². The van der Waals surface area contributed by atoms with Gasteiger partial charge in [0.15, 0.2) is 11.0 Å². The second-order valence-electron chi connectivity index (χ2n) is 7.74. The van der Waals surface area contributed by atoms with Gasteiger partial charge in [-0.25, -0.2) is 0 Å². The van der Waals surface area contributed by atoms with Crippen LogP contribution in [0.1, 0.15) is 50.8 Å². The van der Waals surface area contributed by atoms with Gasteiger partial charge in [0, 0.05) is 11.7 Å². The maximum atomic E-state index is 12.4. The van der Waals surface area contributed by atoms with E-state index < -0.39 is 0 Å². The van der Waals surface area contributed by atoms with E-state index in [-0.39, 0.29) is 5.91 Å². The molecule has 4 rings (SSSR count). The number of thioether (sulfide) groups is 1. The minimum atomic E-state index is 0.0978. The molecule has 6 nitrogen and oxygen atoms in total. The maximum Gasteiger partial charge on any atom is 0.230 e. The van der Waals surface area contributed by atoms with Crippen molar-refractivity contribution in [1.82, 2.24) is 25.0 Å². The summed E-state index contributed by atoms with van der Waals surface area (Å²) in [6, 6.07) is 10.6. The lowest BCUT2D eigenvalue weighted by molar-refractivity contribution is -0.119. The van der Waals surface area contributed by atoms with E-state index in [4.69, 9.17) is 0 Å².